The number of rotatable bonds is 17. The molecule has 0 saturated carbocycles. The summed E-state index contributed by atoms with van der Waals surface area (Å²) < 4.78 is 172. The topological polar surface area (TPSA) is 47.6 Å². The van der Waals surface area contributed by atoms with Crippen molar-refractivity contribution < 1.29 is 67.0 Å². The maximum Gasteiger partial charge on any atom is 0.392 e. The van der Waals surface area contributed by atoms with Crippen LogP contribution in [0.1, 0.15) is 72.8 Å². The highest BCUT2D eigenvalue weighted by atomic mass is 19.4. The van der Waals surface area contributed by atoms with Gasteiger partial charge in [0.15, 0.2) is 0 Å². The molecule has 16 heteroatoms. The lowest BCUT2D eigenvalue weighted by Gasteiger charge is -2.38. The number of halogens is 12. The van der Waals surface area contributed by atoms with Gasteiger partial charge in [-0.05, 0) is 71.4 Å². The maximum absolute atomic E-state index is 14.0. The molecule has 1 aromatic carbocycles. The zero-order valence-electron chi connectivity index (χ0n) is 24.3. The number of alkyl halides is 12. The Hall–Kier alpha value is -2.55. The Balaban J connectivity index is 2.99. The van der Waals surface area contributed by atoms with Gasteiger partial charge in [-0.3, -0.25) is 4.79 Å². The van der Waals surface area contributed by atoms with E-state index in [1.807, 2.05) is 41.5 Å². The summed E-state index contributed by atoms with van der Waals surface area (Å²) in [6, 6.07) is 4.95. The number of carbonyl (C=O) groups excluding carboxylic acids is 1. The SMILES string of the molecule is CCC(C)(C)Oc1ccc(CCCCNC(=O)C(F)(F)C(F)(F)C(F)(F)C(F)(F)C(F)(F)C(F)F)c(OC(C)(C)CC)c1. The highest BCUT2D eigenvalue weighted by Gasteiger charge is 2.89. The third-order valence-corrected chi connectivity index (χ3v) is 6.84. The van der Waals surface area contributed by atoms with Gasteiger partial charge < -0.3 is 14.8 Å². The number of carbonyl (C=O) groups is 1. The average molecular weight is 650 g/mol. The summed E-state index contributed by atoms with van der Waals surface area (Å²) in [7, 11) is 0. The third kappa shape index (κ3) is 8.14. The second-order valence-corrected chi connectivity index (χ2v) is 11.1. The van der Waals surface area contributed by atoms with Crippen LogP contribution in [0.15, 0.2) is 18.2 Å². The smallest absolute Gasteiger partial charge is 0.392 e. The Morgan fingerprint density at radius 2 is 1.28 bits per heavy atom. The maximum atomic E-state index is 14.0. The lowest BCUT2D eigenvalue weighted by Crippen LogP contribution is -2.70. The van der Waals surface area contributed by atoms with Gasteiger partial charge in [-0.25, -0.2) is 8.78 Å². The molecular weight excluding hydrogens is 614 g/mol. The van der Waals surface area contributed by atoms with Gasteiger partial charge in [-0.15, -0.1) is 0 Å². The zero-order valence-corrected chi connectivity index (χ0v) is 24.3. The van der Waals surface area contributed by atoms with E-state index < -0.39 is 59.7 Å². The van der Waals surface area contributed by atoms with Crippen LogP contribution in [0.25, 0.3) is 0 Å². The van der Waals surface area contributed by atoms with Crippen LogP contribution in [-0.2, 0) is 11.2 Å². The molecule has 250 valence electrons. The van der Waals surface area contributed by atoms with Gasteiger partial charge >= 0.3 is 36.0 Å². The minimum atomic E-state index is -7.76. The van der Waals surface area contributed by atoms with Crippen molar-refractivity contribution in [1.29, 1.82) is 0 Å². The minimum Gasteiger partial charge on any atom is -0.488 e. The van der Waals surface area contributed by atoms with E-state index in [0.29, 0.717) is 29.9 Å². The first-order chi connectivity index (χ1) is 19.2. The van der Waals surface area contributed by atoms with E-state index in [1.165, 1.54) is 5.32 Å². The molecule has 1 amide bonds. The second-order valence-electron chi connectivity index (χ2n) is 11.1. The molecule has 0 aliphatic rings. The zero-order chi connectivity index (χ0) is 33.9. The molecule has 0 bridgehead atoms. The molecule has 0 aliphatic carbocycles. The summed E-state index contributed by atoms with van der Waals surface area (Å²) in [6.45, 7) is 10.3. The van der Waals surface area contributed by atoms with Crippen molar-refractivity contribution in [2.24, 2.45) is 0 Å². The lowest BCUT2D eigenvalue weighted by molar-refractivity contribution is -0.407. The highest BCUT2D eigenvalue weighted by Crippen LogP contribution is 2.58. The second kappa shape index (κ2) is 13.2. The summed E-state index contributed by atoms with van der Waals surface area (Å²) >= 11 is 0. The van der Waals surface area contributed by atoms with Crippen molar-refractivity contribution in [1.82, 2.24) is 5.32 Å². The number of hydrogen-bond donors (Lipinski definition) is 1. The summed E-state index contributed by atoms with van der Waals surface area (Å²) in [4.78, 5) is 11.6. The Morgan fingerprint density at radius 3 is 1.77 bits per heavy atom. The molecule has 0 atom stereocenters. The molecule has 43 heavy (non-hydrogen) atoms. The van der Waals surface area contributed by atoms with Crippen LogP contribution in [-0.4, -0.2) is 59.7 Å². The minimum absolute atomic E-state index is 0.0840. The van der Waals surface area contributed by atoms with E-state index in [2.05, 4.69) is 0 Å². The molecule has 0 aliphatic heterocycles. The van der Waals surface area contributed by atoms with Crippen LogP contribution in [0.5, 0.6) is 11.5 Å². The van der Waals surface area contributed by atoms with Crippen LogP contribution in [0, 0.1) is 0 Å². The van der Waals surface area contributed by atoms with Gasteiger partial charge in [0.1, 0.15) is 22.7 Å². The van der Waals surface area contributed by atoms with Gasteiger partial charge in [-0.2, -0.15) is 43.9 Å². The molecule has 0 spiro atoms. The van der Waals surface area contributed by atoms with Gasteiger partial charge in [0.05, 0.1) is 0 Å². The average Bonchev–Trinajstić information content (AvgIpc) is 2.88. The normalized spacial score (nSPS) is 14.2. The third-order valence-electron chi connectivity index (χ3n) is 6.84. The van der Waals surface area contributed by atoms with Crippen LogP contribution in [0.2, 0.25) is 0 Å². The quantitative estimate of drug-likeness (QED) is 0.136. The Morgan fingerprint density at radius 1 is 0.767 bits per heavy atom. The first-order valence-electron chi connectivity index (χ1n) is 13.2. The van der Waals surface area contributed by atoms with Crippen molar-refractivity contribution in [3.63, 3.8) is 0 Å². The Bertz CT molecular complexity index is 1090. The molecular formula is C27H35F12NO3. The standard InChI is InChI=1S/C27H35F12NO3/c1-7-21(3,4)42-17-13-12-16(18(15-17)43-22(5,6)8-2)11-9-10-14-40-20(41)24(32,33)26(36,37)27(38,39)25(34,35)23(30,31)19(28)29/h12-13,15,19H,7-11,14H2,1-6H3,(H,40,41). The van der Waals surface area contributed by atoms with Crippen LogP contribution >= 0.6 is 0 Å². The number of amides is 1. The highest BCUT2D eigenvalue weighted by molar-refractivity contribution is 5.84. The molecule has 0 unspecified atom stereocenters. The fourth-order valence-corrected chi connectivity index (χ4v) is 3.30. The number of hydrogen-bond acceptors (Lipinski definition) is 3. The predicted octanol–water partition coefficient (Wildman–Crippen LogP) is 8.70. The van der Waals surface area contributed by atoms with Crippen molar-refractivity contribution >= 4 is 5.91 Å². The number of aryl methyl sites for hydroxylation is 1. The largest absolute Gasteiger partial charge is 0.488 e. The number of nitrogens with one attached hydrogen (secondary N) is 1. The van der Waals surface area contributed by atoms with Gasteiger partial charge in [0, 0.05) is 12.6 Å². The molecule has 1 aromatic rings. The molecule has 0 radical (unpaired) electrons. The molecule has 4 nitrogen and oxygen atoms in total. The monoisotopic (exact) mass is 649 g/mol. The predicted molar refractivity (Wildman–Crippen MR) is 133 cm³/mol. The van der Waals surface area contributed by atoms with Gasteiger partial charge in [0.2, 0.25) is 0 Å². The van der Waals surface area contributed by atoms with E-state index in [0.717, 1.165) is 0 Å². The summed E-state index contributed by atoms with van der Waals surface area (Å²) in [6.07, 6.45) is -4.28. The van der Waals surface area contributed by atoms with Crippen molar-refractivity contribution in [3.05, 3.63) is 23.8 Å². The van der Waals surface area contributed by atoms with Crippen molar-refractivity contribution in [2.75, 3.05) is 6.54 Å². The van der Waals surface area contributed by atoms with E-state index in [-0.39, 0.29) is 19.3 Å². The summed E-state index contributed by atoms with van der Waals surface area (Å²) in [5.41, 5.74) is -0.510. The van der Waals surface area contributed by atoms with E-state index in [4.69, 9.17) is 9.47 Å². The van der Waals surface area contributed by atoms with Gasteiger partial charge in [0.25, 0.3) is 5.91 Å². The first-order valence-corrected chi connectivity index (χ1v) is 13.2. The van der Waals surface area contributed by atoms with Crippen molar-refractivity contribution in [3.8, 4) is 11.5 Å². The van der Waals surface area contributed by atoms with Crippen LogP contribution < -0.4 is 14.8 Å². The Kier molecular flexibility index (Phi) is 11.8. The summed E-state index contributed by atoms with van der Waals surface area (Å²) in [5.74, 6) is -39.0. The van der Waals surface area contributed by atoms with E-state index in [9.17, 15) is 57.5 Å². The molecule has 1 rings (SSSR count). The summed E-state index contributed by atoms with van der Waals surface area (Å²) in [5, 5.41) is 1.17. The molecule has 0 saturated heterocycles. The fraction of sp³-hybridized carbons (Fsp3) is 0.741. The van der Waals surface area contributed by atoms with E-state index in [1.54, 1.807) is 18.2 Å². The first kappa shape index (κ1) is 38.5. The number of benzene rings is 1. The molecule has 0 heterocycles. The number of unbranched alkanes of at least 4 members (excludes halogenated alkanes) is 1. The molecule has 0 aromatic heterocycles. The van der Waals surface area contributed by atoms with Gasteiger partial charge in [-0.1, -0.05) is 19.9 Å². The van der Waals surface area contributed by atoms with E-state index >= 15 is 0 Å². The van der Waals surface area contributed by atoms with Crippen LogP contribution in [0.3, 0.4) is 0 Å². The van der Waals surface area contributed by atoms with Crippen LogP contribution in [0.4, 0.5) is 52.7 Å². The molecule has 0 fully saturated rings. The Labute approximate surface area is 241 Å². The van der Waals surface area contributed by atoms with Crippen molar-refractivity contribution in [2.45, 2.75) is 121 Å². The number of ether oxygens (including phenoxy) is 2. The molecule has 1 N–H and O–H groups in total. The fourth-order valence-electron chi connectivity index (χ4n) is 3.30. The lowest BCUT2D eigenvalue weighted by atomic mass is 9.94.